The first-order chi connectivity index (χ1) is 17.6. The number of halogens is 1. The Morgan fingerprint density at radius 3 is 2.76 bits per heavy atom. The summed E-state index contributed by atoms with van der Waals surface area (Å²) >= 11 is 1.37. The Labute approximate surface area is 218 Å². The summed E-state index contributed by atoms with van der Waals surface area (Å²) < 4.78 is 16.3. The topological polar surface area (TPSA) is 88.7 Å². The summed E-state index contributed by atoms with van der Waals surface area (Å²) in [5, 5.41) is 15.6. The van der Waals surface area contributed by atoms with Gasteiger partial charge in [-0.3, -0.25) is 9.48 Å². The maximum absolute atomic E-state index is 14.6. The predicted octanol–water partition coefficient (Wildman–Crippen LogP) is 5.46. The zero-order valence-corrected chi connectivity index (χ0v) is 21.6. The second kappa shape index (κ2) is 9.71. The molecule has 2 aromatic heterocycles. The molecule has 0 aliphatic carbocycles. The number of nitrogens with two attached hydrogens (primary N) is 1. The van der Waals surface area contributed by atoms with Crippen LogP contribution in [0.5, 0.6) is 0 Å². The van der Waals surface area contributed by atoms with Crippen LogP contribution in [-0.2, 0) is 6.54 Å². The maximum Gasteiger partial charge on any atom is 0.264 e. The number of piperidine rings is 1. The smallest absolute Gasteiger partial charge is 0.264 e. The molecule has 0 spiro atoms. The van der Waals surface area contributed by atoms with Crippen LogP contribution in [0.1, 0.15) is 36.4 Å². The second-order valence-corrected chi connectivity index (χ2v) is 11.2. The summed E-state index contributed by atoms with van der Waals surface area (Å²) in [6, 6.07) is 12.2. The quantitative estimate of drug-likeness (QED) is 0.344. The Morgan fingerprint density at radius 1 is 1.27 bits per heavy atom. The molecule has 5 rings (SSSR count). The molecule has 1 amide bonds. The number of hydrogen-bond acceptors (Lipinski definition) is 5. The lowest BCUT2D eigenvalue weighted by atomic mass is 10.0. The van der Waals surface area contributed by atoms with E-state index in [9.17, 15) is 14.3 Å². The van der Waals surface area contributed by atoms with Gasteiger partial charge in [0.15, 0.2) is 0 Å². The molecule has 0 unspecified atom stereocenters. The number of thiophene rings is 1. The number of carbonyl (C=O) groups excluding carboxylic acids is 1. The van der Waals surface area contributed by atoms with Gasteiger partial charge in [-0.2, -0.15) is 5.10 Å². The van der Waals surface area contributed by atoms with Crippen LogP contribution in [0, 0.1) is 12.4 Å². The largest absolute Gasteiger partial charge is 0.389 e. The van der Waals surface area contributed by atoms with Gasteiger partial charge >= 0.3 is 0 Å². The van der Waals surface area contributed by atoms with Crippen molar-refractivity contribution in [3.05, 3.63) is 70.8 Å². The molecular formula is C28H28FN5O2S. The second-order valence-electron chi connectivity index (χ2n) is 10.2. The van der Waals surface area contributed by atoms with Gasteiger partial charge in [-0.1, -0.05) is 18.2 Å². The van der Waals surface area contributed by atoms with Gasteiger partial charge in [-0.15, -0.1) is 11.3 Å². The van der Waals surface area contributed by atoms with Crippen LogP contribution in [-0.4, -0.2) is 50.4 Å². The van der Waals surface area contributed by atoms with E-state index >= 15 is 0 Å². The number of benzene rings is 2. The SMILES string of the molecule is [C-]#[N+]c1ccc(-c2cc(C(=O)N3CCC[C@@H](N)C3)sc2-c2ccc3nn(CC(C)(C)O)cc3c2)cc1F. The minimum Gasteiger partial charge on any atom is -0.389 e. The highest BCUT2D eigenvalue weighted by Gasteiger charge is 2.26. The van der Waals surface area contributed by atoms with Crippen molar-refractivity contribution in [1.82, 2.24) is 14.7 Å². The Bertz CT molecular complexity index is 1530. The fourth-order valence-electron chi connectivity index (χ4n) is 4.74. The zero-order chi connectivity index (χ0) is 26.3. The molecule has 0 saturated carbocycles. The molecule has 1 atom stereocenters. The third-order valence-electron chi connectivity index (χ3n) is 6.43. The third-order valence-corrected chi connectivity index (χ3v) is 7.60. The van der Waals surface area contributed by atoms with Gasteiger partial charge in [0.25, 0.3) is 5.91 Å². The zero-order valence-electron chi connectivity index (χ0n) is 20.7. The van der Waals surface area contributed by atoms with E-state index in [1.54, 1.807) is 29.5 Å². The number of rotatable bonds is 5. The summed E-state index contributed by atoms with van der Waals surface area (Å²) in [4.78, 5) is 19.8. The molecule has 0 radical (unpaired) electrons. The average Bonchev–Trinajstić information content (AvgIpc) is 3.46. The number of carbonyl (C=O) groups is 1. The fraction of sp³-hybridized carbons (Fsp3) is 0.321. The van der Waals surface area contributed by atoms with Crippen LogP contribution in [0.2, 0.25) is 0 Å². The lowest BCUT2D eigenvalue weighted by Gasteiger charge is -2.30. The lowest BCUT2D eigenvalue weighted by Crippen LogP contribution is -2.45. The van der Waals surface area contributed by atoms with E-state index in [1.165, 1.54) is 23.5 Å². The van der Waals surface area contributed by atoms with Crippen molar-refractivity contribution in [3.63, 3.8) is 0 Å². The molecule has 0 bridgehead atoms. The first-order valence-corrected chi connectivity index (χ1v) is 13.0. The van der Waals surface area contributed by atoms with Gasteiger partial charge in [-0.25, -0.2) is 9.24 Å². The Kier molecular flexibility index (Phi) is 6.58. The lowest BCUT2D eigenvalue weighted by molar-refractivity contribution is 0.0579. The van der Waals surface area contributed by atoms with Gasteiger partial charge in [-0.05, 0) is 62.1 Å². The number of aromatic nitrogens is 2. The third kappa shape index (κ3) is 5.27. The first-order valence-electron chi connectivity index (χ1n) is 12.2. The highest BCUT2D eigenvalue weighted by Crippen LogP contribution is 2.41. The van der Waals surface area contributed by atoms with Crippen molar-refractivity contribution >= 4 is 33.8 Å². The molecule has 190 valence electrons. The molecule has 37 heavy (non-hydrogen) atoms. The van der Waals surface area contributed by atoms with E-state index in [2.05, 4.69) is 9.94 Å². The van der Waals surface area contributed by atoms with Crippen LogP contribution < -0.4 is 5.73 Å². The standard InChI is InChI=1S/C28H28FN5O2S/c1-28(2,36)16-34-14-19-11-18(7-8-23(19)32-34)26-21(17-6-9-24(31-3)22(29)12-17)13-25(37-26)27(35)33-10-4-5-20(30)15-33/h6-9,11-14,20,36H,4-5,10,15-16,30H2,1-2H3/t20-/m1/s1. The van der Waals surface area contributed by atoms with E-state index < -0.39 is 11.4 Å². The monoisotopic (exact) mass is 517 g/mol. The van der Waals surface area contributed by atoms with Gasteiger partial charge < -0.3 is 15.7 Å². The molecule has 3 heterocycles. The van der Waals surface area contributed by atoms with Crippen molar-refractivity contribution in [2.75, 3.05) is 13.1 Å². The molecule has 2 aromatic carbocycles. The molecule has 1 aliphatic rings. The Morgan fingerprint density at radius 2 is 2.05 bits per heavy atom. The summed E-state index contributed by atoms with van der Waals surface area (Å²) in [5.74, 6) is -0.673. The van der Waals surface area contributed by atoms with E-state index in [-0.39, 0.29) is 17.6 Å². The molecule has 4 aromatic rings. The molecule has 1 saturated heterocycles. The minimum atomic E-state index is -0.903. The average molecular weight is 518 g/mol. The summed E-state index contributed by atoms with van der Waals surface area (Å²) in [5.41, 5.74) is 8.16. The van der Waals surface area contributed by atoms with E-state index in [4.69, 9.17) is 12.3 Å². The normalized spacial score (nSPS) is 16.2. The van der Waals surface area contributed by atoms with Crippen molar-refractivity contribution in [1.29, 1.82) is 0 Å². The van der Waals surface area contributed by atoms with Crippen molar-refractivity contribution in [2.45, 2.75) is 44.9 Å². The van der Waals surface area contributed by atoms with Crippen LogP contribution >= 0.6 is 11.3 Å². The molecule has 9 heteroatoms. The number of nitrogens with zero attached hydrogens (tertiary/aromatic N) is 4. The Balaban J connectivity index is 1.59. The molecule has 3 N–H and O–H groups in total. The first kappa shape index (κ1) is 25.1. The number of aliphatic hydroxyl groups is 1. The molecule has 1 aliphatic heterocycles. The molecule has 7 nitrogen and oxygen atoms in total. The van der Waals surface area contributed by atoms with Gasteiger partial charge in [0.1, 0.15) is 5.82 Å². The van der Waals surface area contributed by atoms with Gasteiger partial charge in [0.05, 0.1) is 29.1 Å². The summed E-state index contributed by atoms with van der Waals surface area (Å²) in [6.45, 7) is 12.2. The molecular weight excluding hydrogens is 489 g/mol. The number of amides is 1. The highest BCUT2D eigenvalue weighted by atomic mass is 32.1. The highest BCUT2D eigenvalue weighted by molar-refractivity contribution is 7.18. The van der Waals surface area contributed by atoms with Crippen molar-refractivity contribution in [2.24, 2.45) is 5.73 Å². The van der Waals surface area contributed by atoms with Crippen molar-refractivity contribution in [3.8, 4) is 21.6 Å². The van der Waals surface area contributed by atoms with Crippen LogP contribution in [0.15, 0.2) is 48.7 Å². The summed E-state index contributed by atoms with van der Waals surface area (Å²) in [6.07, 6.45) is 3.65. The molecule has 1 fully saturated rings. The van der Waals surface area contributed by atoms with E-state index in [1.807, 2.05) is 30.5 Å². The van der Waals surface area contributed by atoms with Crippen LogP contribution in [0.25, 0.3) is 37.3 Å². The van der Waals surface area contributed by atoms with Gasteiger partial charge in [0.2, 0.25) is 5.69 Å². The summed E-state index contributed by atoms with van der Waals surface area (Å²) in [7, 11) is 0. The Hall–Kier alpha value is -3.58. The van der Waals surface area contributed by atoms with Crippen LogP contribution in [0.4, 0.5) is 10.1 Å². The minimum absolute atomic E-state index is 0.0327. The fourth-order valence-corrected chi connectivity index (χ4v) is 5.88. The number of fused-ring (bicyclic) bond motifs is 1. The predicted molar refractivity (Wildman–Crippen MR) is 144 cm³/mol. The van der Waals surface area contributed by atoms with Gasteiger partial charge in [0, 0.05) is 41.2 Å². The number of likely N-dealkylation sites (tertiary alicyclic amines) is 1. The van der Waals surface area contributed by atoms with Crippen LogP contribution in [0.3, 0.4) is 0 Å². The number of hydrogen-bond donors (Lipinski definition) is 2. The maximum atomic E-state index is 14.6. The van der Waals surface area contributed by atoms with E-state index in [0.717, 1.165) is 39.7 Å². The van der Waals surface area contributed by atoms with Crippen molar-refractivity contribution < 1.29 is 14.3 Å². The van der Waals surface area contributed by atoms with E-state index in [0.29, 0.717) is 30.1 Å².